The van der Waals surface area contributed by atoms with Crippen LogP contribution in [0.4, 0.5) is 9.59 Å². The fraction of sp³-hybridized carbons (Fsp3) is 0.733. The monoisotopic (exact) mass is 358 g/mol. The number of hydrogen-bond acceptors (Lipinski definition) is 4. The van der Waals surface area contributed by atoms with Gasteiger partial charge in [0.25, 0.3) is 0 Å². The molecule has 10 heteroatoms. The Morgan fingerprint density at radius 1 is 0.720 bits per heavy atom. The third-order valence-corrected chi connectivity index (χ3v) is 3.33. The highest BCUT2D eigenvalue weighted by molar-refractivity contribution is 5.82. The van der Waals surface area contributed by atoms with Gasteiger partial charge in [-0.2, -0.15) is 0 Å². The Morgan fingerprint density at radius 2 is 1.08 bits per heavy atom. The SMILES string of the molecule is CCCCN(NC(=O)CCCC(=O)NN(CCCC)C(N)=O)C(N)=O. The van der Waals surface area contributed by atoms with Crippen molar-refractivity contribution < 1.29 is 19.2 Å². The van der Waals surface area contributed by atoms with Gasteiger partial charge in [0.05, 0.1) is 0 Å². The molecule has 0 rings (SSSR count). The van der Waals surface area contributed by atoms with E-state index >= 15 is 0 Å². The summed E-state index contributed by atoms with van der Waals surface area (Å²) in [7, 11) is 0. The lowest BCUT2D eigenvalue weighted by Crippen LogP contribution is -2.49. The summed E-state index contributed by atoms with van der Waals surface area (Å²) < 4.78 is 0. The number of unbranched alkanes of at least 4 members (excludes halogenated alkanes) is 2. The van der Waals surface area contributed by atoms with Gasteiger partial charge in [0.2, 0.25) is 11.8 Å². The van der Waals surface area contributed by atoms with Crippen LogP contribution < -0.4 is 22.3 Å². The molecule has 0 spiro atoms. The van der Waals surface area contributed by atoms with Gasteiger partial charge in [-0.05, 0) is 19.3 Å². The summed E-state index contributed by atoms with van der Waals surface area (Å²) in [6, 6.07) is -1.46. The predicted molar refractivity (Wildman–Crippen MR) is 92.5 cm³/mol. The van der Waals surface area contributed by atoms with Crippen LogP contribution in [-0.4, -0.2) is 47.0 Å². The smallest absolute Gasteiger partial charge is 0.333 e. The van der Waals surface area contributed by atoms with Crippen LogP contribution >= 0.6 is 0 Å². The zero-order chi connectivity index (χ0) is 19.2. The molecule has 0 aromatic rings. The molecule has 0 aromatic heterocycles. The second-order valence-corrected chi connectivity index (χ2v) is 5.61. The van der Waals surface area contributed by atoms with Gasteiger partial charge in [-0.3, -0.25) is 20.4 Å². The molecule has 0 heterocycles. The Hall–Kier alpha value is -2.52. The van der Waals surface area contributed by atoms with E-state index in [-0.39, 0.29) is 19.3 Å². The molecule has 6 N–H and O–H groups in total. The van der Waals surface area contributed by atoms with Crippen LogP contribution in [0.3, 0.4) is 0 Å². The van der Waals surface area contributed by atoms with E-state index in [1.165, 1.54) is 0 Å². The summed E-state index contributed by atoms with van der Waals surface area (Å²) >= 11 is 0. The molecule has 10 nitrogen and oxygen atoms in total. The molecule has 6 amide bonds. The molecule has 25 heavy (non-hydrogen) atoms. The maximum atomic E-state index is 11.8. The minimum Gasteiger partial charge on any atom is -0.350 e. The quantitative estimate of drug-likeness (QED) is 0.422. The molecule has 0 unspecified atom stereocenters. The van der Waals surface area contributed by atoms with Crippen molar-refractivity contribution in [2.24, 2.45) is 11.5 Å². The van der Waals surface area contributed by atoms with E-state index in [4.69, 9.17) is 11.5 Å². The van der Waals surface area contributed by atoms with Crippen molar-refractivity contribution in [2.75, 3.05) is 13.1 Å². The minimum absolute atomic E-state index is 0.0505. The molecule has 0 fully saturated rings. The second-order valence-electron chi connectivity index (χ2n) is 5.61. The summed E-state index contributed by atoms with van der Waals surface area (Å²) in [6.45, 7) is 4.58. The Morgan fingerprint density at radius 3 is 1.36 bits per heavy atom. The number of rotatable bonds is 10. The number of nitrogens with zero attached hydrogens (tertiary/aromatic N) is 2. The van der Waals surface area contributed by atoms with Gasteiger partial charge in [0.1, 0.15) is 0 Å². The van der Waals surface area contributed by atoms with Crippen molar-refractivity contribution in [2.45, 2.75) is 58.8 Å². The summed E-state index contributed by atoms with van der Waals surface area (Å²) in [5.41, 5.74) is 15.2. The van der Waals surface area contributed by atoms with Crippen LogP contribution in [0.15, 0.2) is 0 Å². The average Bonchev–Trinajstić information content (AvgIpc) is 2.54. The van der Waals surface area contributed by atoms with Crippen LogP contribution in [0.1, 0.15) is 58.8 Å². The van der Waals surface area contributed by atoms with Crippen molar-refractivity contribution in [3.63, 3.8) is 0 Å². The number of amides is 6. The topological polar surface area (TPSA) is 151 Å². The summed E-state index contributed by atoms with van der Waals surface area (Å²) in [4.78, 5) is 46.0. The zero-order valence-electron chi connectivity index (χ0n) is 15.0. The van der Waals surface area contributed by atoms with E-state index in [2.05, 4.69) is 10.9 Å². The van der Waals surface area contributed by atoms with Crippen LogP contribution in [0.25, 0.3) is 0 Å². The molecular weight excluding hydrogens is 328 g/mol. The number of carbonyl (C=O) groups excluding carboxylic acids is 4. The van der Waals surface area contributed by atoms with Crippen LogP contribution in [0, 0.1) is 0 Å². The highest BCUT2D eigenvalue weighted by Crippen LogP contribution is 1.99. The van der Waals surface area contributed by atoms with Crippen molar-refractivity contribution in [3.05, 3.63) is 0 Å². The first-order chi connectivity index (χ1) is 11.8. The van der Waals surface area contributed by atoms with E-state index in [1.54, 1.807) is 0 Å². The Balaban J connectivity index is 4.18. The number of nitrogens with two attached hydrogens (primary N) is 2. The number of urea groups is 2. The largest absolute Gasteiger partial charge is 0.350 e. The van der Waals surface area contributed by atoms with Gasteiger partial charge in [0.15, 0.2) is 0 Å². The third-order valence-electron chi connectivity index (χ3n) is 3.33. The molecule has 0 aromatic carbocycles. The molecule has 144 valence electrons. The van der Waals surface area contributed by atoms with Gasteiger partial charge < -0.3 is 11.5 Å². The van der Waals surface area contributed by atoms with Gasteiger partial charge >= 0.3 is 12.1 Å². The maximum Gasteiger partial charge on any atom is 0.333 e. The van der Waals surface area contributed by atoms with Gasteiger partial charge in [0, 0.05) is 25.9 Å². The molecule has 0 aliphatic heterocycles. The number of nitrogens with one attached hydrogen (secondary N) is 2. The highest BCUT2D eigenvalue weighted by Gasteiger charge is 2.15. The number of hydrogen-bond donors (Lipinski definition) is 4. The Kier molecular flexibility index (Phi) is 11.6. The lowest BCUT2D eigenvalue weighted by molar-refractivity contribution is -0.126. The fourth-order valence-corrected chi connectivity index (χ4v) is 1.90. The normalized spacial score (nSPS) is 10.0. The summed E-state index contributed by atoms with van der Waals surface area (Å²) in [5.74, 6) is -0.805. The highest BCUT2D eigenvalue weighted by atomic mass is 16.2. The molecule has 0 saturated carbocycles. The van der Waals surface area contributed by atoms with Crippen molar-refractivity contribution >= 4 is 23.9 Å². The standard InChI is InChI=1S/C15H30N6O4/c1-3-5-10-20(14(16)24)18-12(22)8-7-9-13(23)19-21(15(17)25)11-6-4-2/h3-11H2,1-2H3,(H2,16,24)(H2,17,25)(H,18,22)(H,19,23). The zero-order valence-corrected chi connectivity index (χ0v) is 15.0. The van der Waals surface area contributed by atoms with Crippen LogP contribution in [0.5, 0.6) is 0 Å². The van der Waals surface area contributed by atoms with E-state index in [1.807, 2.05) is 13.8 Å². The van der Waals surface area contributed by atoms with Gasteiger partial charge in [-0.15, -0.1) is 0 Å². The Bertz CT molecular complexity index is 417. The first kappa shape index (κ1) is 22.5. The second kappa shape index (κ2) is 12.8. The van der Waals surface area contributed by atoms with Crippen molar-refractivity contribution in [3.8, 4) is 0 Å². The van der Waals surface area contributed by atoms with E-state index in [0.717, 1.165) is 22.9 Å². The molecule has 0 saturated heterocycles. The summed E-state index contributed by atoms with van der Waals surface area (Å²) in [6.07, 6.45) is 3.50. The third kappa shape index (κ3) is 10.8. The molecular formula is C15H30N6O4. The molecule has 0 radical (unpaired) electrons. The predicted octanol–water partition coefficient (Wildman–Crippen LogP) is 0.581. The van der Waals surface area contributed by atoms with E-state index in [0.29, 0.717) is 25.9 Å². The Labute approximate surface area is 148 Å². The van der Waals surface area contributed by atoms with Crippen LogP contribution in [0.2, 0.25) is 0 Å². The maximum absolute atomic E-state index is 11.8. The van der Waals surface area contributed by atoms with Gasteiger partial charge in [-0.1, -0.05) is 26.7 Å². The molecule has 0 bridgehead atoms. The summed E-state index contributed by atoms with van der Waals surface area (Å²) in [5, 5.41) is 2.12. The first-order valence-electron chi connectivity index (χ1n) is 8.54. The van der Waals surface area contributed by atoms with Gasteiger partial charge in [-0.25, -0.2) is 19.6 Å². The molecule has 0 aliphatic carbocycles. The van der Waals surface area contributed by atoms with E-state index in [9.17, 15) is 19.2 Å². The first-order valence-corrected chi connectivity index (χ1v) is 8.54. The number of hydrazine groups is 2. The minimum atomic E-state index is -0.729. The van der Waals surface area contributed by atoms with Crippen molar-refractivity contribution in [1.29, 1.82) is 0 Å². The van der Waals surface area contributed by atoms with E-state index < -0.39 is 23.9 Å². The van der Waals surface area contributed by atoms with Crippen molar-refractivity contribution in [1.82, 2.24) is 20.9 Å². The fourth-order valence-electron chi connectivity index (χ4n) is 1.90. The van der Waals surface area contributed by atoms with Crippen LogP contribution in [-0.2, 0) is 9.59 Å². The number of carbonyl (C=O) groups is 4. The molecule has 0 atom stereocenters. The lowest BCUT2D eigenvalue weighted by atomic mass is 10.2. The number of primary amides is 2. The molecule has 0 aliphatic rings. The lowest BCUT2D eigenvalue weighted by Gasteiger charge is -2.21. The average molecular weight is 358 g/mol.